The number of nitrogens with zero attached hydrogens (tertiary/aromatic N) is 6. The summed E-state index contributed by atoms with van der Waals surface area (Å²) >= 11 is 0. The number of carboxylic acids is 5. The van der Waals surface area contributed by atoms with E-state index in [9.17, 15) is 135 Å². The molecule has 4 aromatic carbocycles. The summed E-state index contributed by atoms with van der Waals surface area (Å²) < 4.78 is 140. The first-order valence-electron chi connectivity index (χ1n) is 44.9. The van der Waals surface area contributed by atoms with Gasteiger partial charge in [0.25, 0.3) is 32.1 Å². The lowest BCUT2D eigenvalue weighted by Gasteiger charge is -2.33. The Morgan fingerprint density at radius 3 is 1.06 bits per heavy atom. The van der Waals surface area contributed by atoms with Crippen molar-refractivity contribution in [1.29, 1.82) is 0 Å². The number of benzene rings is 4. The molecule has 54 heteroatoms. The van der Waals surface area contributed by atoms with Gasteiger partial charge in [0.05, 0.1) is 49.2 Å². The van der Waals surface area contributed by atoms with E-state index in [1.165, 1.54) is 95.8 Å². The number of anilines is 2. The number of aryl methyl sites for hydroxylation is 8. The lowest BCUT2D eigenvalue weighted by molar-refractivity contribution is -0.140. The summed E-state index contributed by atoms with van der Waals surface area (Å²) in [7, 11) is -19.5. The molecule has 5 atom stereocenters. The second-order valence-corrected chi connectivity index (χ2v) is 39.8. The number of nitrogens with one attached hydrogen (secondary N) is 11. The smallest absolute Gasteiger partial charge is 0.323 e. The molecule has 6 aromatic rings. The van der Waals surface area contributed by atoms with Gasteiger partial charge in [-0.05, 0) is 179 Å². The number of hydrogen-bond acceptors (Lipinski definition) is 32. The highest BCUT2D eigenvalue weighted by molar-refractivity contribution is 7.90. The van der Waals surface area contributed by atoms with Gasteiger partial charge in [0, 0.05) is 133 Å². The fraction of sp³-hybridized carbons (Fsp3) is 0.461. The third kappa shape index (κ3) is 42.6. The van der Waals surface area contributed by atoms with E-state index >= 15 is 0 Å². The molecule has 0 spiro atoms. The molecule has 3 heterocycles. The molecular weight excluding hydrogens is 1960 g/mol. The first kappa shape index (κ1) is 116. The maximum Gasteiger partial charge on any atom is 0.323 e. The molecule has 1 aliphatic heterocycles. The minimum Gasteiger partial charge on any atom is -0.494 e. The number of aromatic nitrogens is 2. The number of hydrogen-bond donors (Lipinski definition) is 20. The Kier molecular flexibility index (Phi) is 45.9. The average molecular weight is 2080 g/mol. The van der Waals surface area contributed by atoms with Crippen LogP contribution in [-0.2, 0) is 124 Å². The molecule has 0 bridgehead atoms. The van der Waals surface area contributed by atoms with Gasteiger partial charge in [-0.1, -0.05) is 36.4 Å². The van der Waals surface area contributed by atoms with Crippen LogP contribution in [0.4, 0.5) is 11.6 Å². The van der Waals surface area contributed by atoms with Gasteiger partial charge in [-0.3, -0.25) is 95.8 Å². The summed E-state index contributed by atoms with van der Waals surface area (Å²) in [6.07, 6.45) is 0.234. The Morgan fingerprint density at radius 1 is 0.385 bits per heavy atom. The van der Waals surface area contributed by atoms with E-state index in [2.05, 4.69) is 67.3 Å². The molecule has 1 fully saturated rings. The number of rotatable bonds is 57. The number of nitrogens with two attached hydrogens (primary N) is 2. The van der Waals surface area contributed by atoms with Crippen LogP contribution in [0.15, 0.2) is 119 Å². The maximum absolute atomic E-state index is 14.5. The number of aliphatic carboxylic acids is 5. The van der Waals surface area contributed by atoms with Gasteiger partial charge < -0.3 is 94.3 Å². The van der Waals surface area contributed by atoms with Crippen molar-refractivity contribution in [3.8, 4) is 11.5 Å². The van der Waals surface area contributed by atoms with Crippen LogP contribution in [0.25, 0.3) is 0 Å². The zero-order valence-corrected chi connectivity index (χ0v) is 82.1. The van der Waals surface area contributed by atoms with Crippen LogP contribution in [0.3, 0.4) is 0 Å². The minimum absolute atomic E-state index is 0.00363. The first-order chi connectivity index (χ1) is 67.4. The molecule has 0 aliphatic carbocycles. The van der Waals surface area contributed by atoms with E-state index < -0.39 is 230 Å². The number of carboxylic acid groups (broad SMARTS) is 5. The fourth-order valence-corrected chi connectivity index (χ4v) is 19.5. The second kappa shape index (κ2) is 56.3. The van der Waals surface area contributed by atoms with Gasteiger partial charge in [0.2, 0.25) is 61.4 Å². The molecule has 0 saturated carbocycles. The molecular formula is C89H121N19O31S4. The van der Waals surface area contributed by atoms with Gasteiger partial charge in [0.15, 0.2) is 0 Å². The minimum atomic E-state index is -5.22. The Labute approximate surface area is 824 Å². The zero-order valence-electron chi connectivity index (χ0n) is 78.8. The lowest BCUT2D eigenvalue weighted by atomic mass is 10.1. The highest BCUT2D eigenvalue weighted by Gasteiger charge is 2.36. The molecule has 2 aromatic heterocycles. The average Bonchev–Trinajstić information content (AvgIpc) is 0.790. The van der Waals surface area contributed by atoms with E-state index in [0.717, 1.165) is 22.5 Å². The largest absolute Gasteiger partial charge is 0.494 e. The highest BCUT2D eigenvalue weighted by Crippen LogP contribution is 2.29. The van der Waals surface area contributed by atoms with Gasteiger partial charge in [0.1, 0.15) is 64.8 Å². The summed E-state index contributed by atoms with van der Waals surface area (Å²) in [6.45, 7) is -0.185. The summed E-state index contributed by atoms with van der Waals surface area (Å²) in [5.41, 5.74) is 15.8. The van der Waals surface area contributed by atoms with E-state index in [1.807, 2.05) is 12.1 Å². The third-order valence-electron chi connectivity index (χ3n) is 21.8. The topological polar surface area (TPSA) is 759 Å². The molecule has 9 amide bonds. The number of carbonyl (C=O) groups excluding carboxylic acids is 9. The zero-order chi connectivity index (χ0) is 105. The number of sulfonamides is 2. The van der Waals surface area contributed by atoms with Gasteiger partial charge >= 0.3 is 29.8 Å². The molecule has 0 radical (unpaired) electrons. The van der Waals surface area contributed by atoms with E-state index in [1.54, 1.807) is 48.5 Å². The van der Waals surface area contributed by atoms with Crippen LogP contribution in [0.1, 0.15) is 104 Å². The normalized spacial score (nSPS) is 14.3. The van der Waals surface area contributed by atoms with Crippen LogP contribution >= 0.6 is 0 Å². The number of ether oxygens (including phenoxy) is 2. The summed E-state index contributed by atoms with van der Waals surface area (Å²) in [5, 5.41) is 70.3. The number of pyridine rings is 2. The number of nitrogen functional groups attached to an aromatic ring is 2. The first-order valence-corrected chi connectivity index (χ1v) is 51.1. The highest BCUT2D eigenvalue weighted by atomic mass is 32.2. The number of carbonyl (C=O) groups is 14. The molecule has 143 heavy (non-hydrogen) atoms. The molecule has 0 unspecified atom stereocenters. The molecule has 1 aliphatic rings. The summed E-state index contributed by atoms with van der Waals surface area (Å²) in [5.74, 6) is -17.7. The summed E-state index contributed by atoms with van der Waals surface area (Å²) in [4.78, 5) is 196. The van der Waals surface area contributed by atoms with E-state index in [4.69, 9.17) is 20.9 Å². The number of amides is 9. The van der Waals surface area contributed by atoms with Crippen LogP contribution in [0.5, 0.6) is 11.5 Å². The molecule has 50 nitrogen and oxygen atoms in total. The Balaban J connectivity index is 0.923. The maximum atomic E-state index is 14.5. The molecule has 7 rings (SSSR count). The standard InChI is InChI=1S/C89H121N19O31S4/c1-55-43-65(44-56(2)81(55)142(134,135)103-68(88(124)125)47-96-83(119)61-21-15-59(16-22-61)19-25-63-9-5-11-72(90)98-63)138-41-7-13-74(109)92-29-31-94-85(121)70(53-140(128,129)130)101-76(111)28-27-67(100-77(112)49-105-33-35-106(50-78(113)114)37-39-108(52-80(117)118)40-38-107(36-34-105)51-79(115)116)87(123)102-71(54-141(131,132)133)86(122)95-32-30-93-75(110)14-8-42-139-66-45-57(3)82(58(4)46-66)143(136,137)104-69(89(126)127)48-97-84(120)62-23-17-60(18-24-62)20-26-64-10-6-12-73(91)99-64/h5-6,9-12,15-18,21-24,43-46,67-71,103-104H,7-8,13-14,19-20,25-42,47-54H2,1-4H3,(H2,90,98)(H2,91,99)(H,92,109)(H,93,110)(H,94,121)(H,95,122)(H,96,119)(H,97,120)(H,100,112)(H,101,111)(H,102,123)(H,113,114)(H,115,116)(H,117,118)(H,124,125)(H,126,127)(H,128,129,130)(H,131,132,133)/t67-,68-,69-,70-,71-/m0/s1. The van der Waals surface area contributed by atoms with Crippen molar-refractivity contribution < 1.29 is 145 Å². The Hall–Kier alpha value is -13.6. The second-order valence-electron chi connectivity index (χ2n) is 33.5. The van der Waals surface area contributed by atoms with E-state index in [0.29, 0.717) is 37.3 Å². The fourth-order valence-electron chi connectivity index (χ4n) is 14.9. The van der Waals surface area contributed by atoms with Crippen molar-refractivity contribution in [3.63, 3.8) is 0 Å². The monoisotopic (exact) mass is 2080 g/mol. The van der Waals surface area contributed by atoms with Gasteiger partial charge in [-0.2, -0.15) is 26.3 Å². The molecule has 782 valence electrons. The van der Waals surface area contributed by atoms with Crippen molar-refractivity contribution >= 4 is 135 Å². The third-order valence-corrected chi connectivity index (χ3v) is 26.9. The Morgan fingerprint density at radius 2 is 0.720 bits per heavy atom. The van der Waals surface area contributed by atoms with Crippen molar-refractivity contribution in [1.82, 2.24) is 86.9 Å². The quantitative estimate of drug-likeness (QED) is 0.0132. The van der Waals surface area contributed by atoms with Crippen LogP contribution in [-0.4, -0.2) is 354 Å². The lowest BCUT2D eigenvalue weighted by Crippen LogP contribution is -2.57. The predicted octanol–water partition coefficient (Wildman–Crippen LogP) is -3.26. The molecule has 1 saturated heterocycles. The van der Waals surface area contributed by atoms with Crippen LogP contribution in [0.2, 0.25) is 0 Å². The summed E-state index contributed by atoms with van der Waals surface area (Å²) in [6, 6.07) is 19.0. The van der Waals surface area contributed by atoms with Crippen LogP contribution < -0.4 is 78.2 Å². The van der Waals surface area contributed by atoms with Crippen LogP contribution in [0, 0.1) is 27.7 Å². The van der Waals surface area contributed by atoms with Crippen molar-refractivity contribution in [2.75, 3.05) is 154 Å². The van der Waals surface area contributed by atoms with Crippen molar-refractivity contribution in [3.05, 3.63) is 165 Å². The van der Waals surface area contributed by atoms with Crippen molar-refractivity contribution in [2.24, 2.45) is 0 Å². The van der Waals surface area contributed by atoms with Gasteiger partial charge in [-0.15, -0.1) is 0 Å². The van der Waals surface area contributed by atoms with Crippen molar-refractivity contribution in [2.45, 2.75) is 132 Å². The molecule has 22 N–H and O–H groups in total. The Bertz CT molecular complexity index is 5910. The predicted molar refractivity (Wildman–Crippen MR) is 513 cm³/mol. The van der Waals surface area contributed by atoms with Gasteiger partial charge in [-0.25, -0.2) is 26.8 Å². The van der Waals surface area contributed by atoms with E-state index in [-0.39, 0.29) is 159 Å². The SMILES string of the molecule is Cc1cc(OCCCC(=O)NCCNC(=O)[C@H](CS(=O)(=O)O)NC(=O)CC[C@H](NC(=O)CN2CCN(CC(=O)O)CCN(CC(=O)O)CCN(CC(=O)O)CC2)C(=O)N[C@@H](CS(=O)(=O)O)C(=O)NCCNC(=O)CCCOc2cc(C)c(S(=O)(=O)N[C@@H](CNC(=O)c3ccc(CCc4cccc(N)n4)cc3)C(=O)O)c(C)c2)cc(C)c1S(=O)(=O)N[C@@H](CNC(=O)c1ccc(CCc2cccc(N)n2)cc1)C(=O)O.